The fraction of sp³-hybridized carbons (Fsp3) is 0.591. The van der Waals surface area contributed by atoms with Crippen LogP contribution in [0.4, 0.5) is 0 Å². The molecule has 2 rings (SSSR count). The van der Waals surface area contributed by atoms with Gasteiger partial charge >= 0.3 is 0 Å². The first-order valence-corrected chi connectivity index (χ1v) is 10.9. The molecule has 9 heteroatoms. The number of rotatable bonds is 19. The number of benzene rings is 1. The van der Waals surface area contributed by atoms with Crippen molar-refractivity contribution in [3.05, 3.63) is 36.0 Å². The highest BCUT2D eigenvalue weighted by molar-refractivity contribution is 5.83. The highest BCUT2D eigenvalue weighted by Gasteiger charge is 2.05. The van der Waals surface area contributed by atoms with Crippen LogP contribution < -0.4 is 16.6 Å². The number of fused-ring (bicyclic) bond motifs is 1. The lowest BCUT2D eigenvalue weighted by atomic mass is 10.1. The van der Waals surface area contributed by atoms with Gasteiger partial charge in [-0.3, -0.25) is 10.2 Å². The van der Waals surface area contributed by atoms with Crippen molar-refractivity contribution in [3.63, 3.8) is 0 Å². The Morgan fingerprint density at radius 3 is 2.26 bits per heavy atom. The van der Waals surface area contributed by atoms with Crippen LogP contribution in [-0.4, -0.2) is 76.8 Å². The fourth-order valence-corrected chi connectivity index (χ4v) is 2.97. The molecular weight excluding hydrogens is 400 g/mol. The summed E-state index contributed by atoms with van der Waals surface area (Å²) in [7, 11) is 0. The maximum absolute atomic E-state index is 11.9. The van der Waals surface area contributed by atoms with E-state index in [1.54, 1.807) is 0 Å². The lowest BCUT2D eigenvalue weighted by Gasteiger charge is -2.09. The third kappa shape index (κ3) is 11.3. The second-order valence-electron chi connectivity index (χ2n) is 6.93. The molecule has 0 unspecified atom stereocenters. The Bertz CT molecular complexity index is 725. The summed E-state index contributed by atoms with van der Waals surface area (Å²) in [5, 5.41) is 1.22. The van der Waals surface area contributed by atoms with Gasteiger partial charge in [-0.25, -0.2) is 5.43 Å². The number of hydrogen-bond donors (Lipinski definition) is 4. The molecule has 2 aromatic rings. The Balaban J connectivity index is 1.34. The summed E-state index contributed by atoms with van der Waals surface area (Å²) in [6.07, 6.45) is 4.17. The van der Waals surface area contributed by atoms with E-state index in [4.69, 9.17) is 24.7 Å². The summed E-state index contributed by atoms with van der Waals surface area (Å²) in [6.45, 7) is 5.27. The van der Waals surface area contributed by atoms with Crippen LogP contribution in [0, 0.1) is 0 Å². The second kappa shape index (κ2) is 16.7. The molecule has 31 heavy (non-hydrogen) atoms. The van der Waals surface area contributed by atoms with Gasteiger partial charge in [0.2, 0.25) is 5.91 Å². The maximum Gasteiger partial charge on any atom is 0.234 e. The molecule has 1 amide bonds. The van der Waals surface area contributed by atoms with Crippen LogP contribution in [0.1, 0.15) is 18.4 Å². The van der Waals surface area contributed by atoms with E-state index in [-0.39, 0.29) is 5.91 Å². The summed E-state index contributed by atoms with van der Waals surface area (Å²) in [6, 6.07) is 8.20. The van der Waals surface area contributed by atoms with Gasteiger partial charge < -0.3 is 29.7 Å². The highest BCUT2D eigenvalue weighted by Crippen LogP contribution is 2.19. The fourth-order valence-electron chi connectivity index (χ4n) is 2.97. The van der Waals surface area contributed by atoms with E-state index in [1.807, 2.05) is 18.3 Å². The molecule has 1 heterocycles. The van der Waals surface area contributed by atoms with Crippen LogP contribution in [0.2, 0.25) is 0 Å². The number of aromatic amines is 1. The highest BCUT2D eigenvalue weighted by atomic mass is 16.6. The van der Waals surface area contributed by atoms with Crippen LogP contribution in [0.3, 0.4) is 0 Å². The predicted octanol–water partition coefficient (Wildman–Crippen LogP) is 1.14. The normalized spacial score (nSPS) is 11.3. The average Bonchev–Trinajstić information content (AvgIpc) is 3.19. The van der Waals surface area contributed by atoms with Gasteiger partial charge in [0.25, 0.3) is 0 Å². The van der Waals surface area contributed by atoms with E-state index in [9.17, 15) is 4.79 Å². The standard InChI is InChI=1S/C22H36N4O5/c23-8-10-28-12-14-30-16-17-31-15-13-29-11-9-25-26-22(27)7-3-4-19-18-24-21-6-2-1-5-20(19)21/h1-2,5-6,18,24-25H,3-4,7-17,23H2,(H,26,27). The molecule has 0 aliphatic carbocycles. The third-order valence-corrected chi connectivity index (χ3v) is 4.50. The Kier molecular flexibility index (Phi) is 13.6. The molecule has 9 nitrogen and oxygen atoms in total. The van der Waals surface area contributed by atoms with Gasteiger partial charge in [0, 0.05) is 36.6 Å². The number of hydrogen-bond acceptors (Lipinski definition) is 7. The van der Waals surface area contributed by atoms with Gasteiger partial charge in [-0.2, -0.15) is 0 Å². The van der Waals surface area contributed by atoms with E-state index in [0.29, 0.717) is 72.4 Å². The van der Waals surface area contributed by atoms with Crippen LogP contribution in [-0.2, 0) is 30.2 Å². The van der Waals surface area contributed by atoms with Gasteiger partial charge in [-0.15, -0.1) is 0 Å². The molecule has 0 radical (unpaired) electrons. The lowest BCUT2D eigenvalue weighted by Crippen LogP contribution is -2.39. The summed E-state index contributed by atoms with van der Waals surface area (Å²) >= 11 is 0. The lowest BCUT2D eigenvalue weighted by molar-refractivity contribution is -0.122. The van der Waals surface area contributed by atoms with E-state index >= 15 is 0 Å². The van der Waals surface area contributed by atoms with E-state index in [0.717, 1.165) is 18.4 Å². The van der Waals surface area contributed by atoms with E-state index in [1.165, 1.54) is 10.9 Å². The summed E-state index contributed by atoms with van der Waals surface area (Å²) in [4.78, 5) is 15.2. The minimum absolute atomic E-state index is 0.0170. The minimum Gasteiger partial charge on any atom is -0.378 e. The number of hydrazine groups is 1. The van der Waals surface area contributed by atoms with Crippen molar-refractivity contribution in [1.82, 2.24) is 15.8 Å². The van der Waals surface area contributed by atoms with Gasteiger partial charge in [-0.05, 0) is 24.5 Å². The Labute approximate surface area is 183 Å². The van der Waals surface area contributed by atoms with Crippen molar-refractivity contribution >= 4 is 16.8 Å². The van der Waals surface area contributed by atoms with Crippen molar-refractivity contribution < 1.29 is 23.7 Å². The first-order valence-electron chi connectivity index (χ1n) is 10.9. The first kappa shape index (κ1) is 25.3. The van der Waals surface area contributed by atoms with Crippen LogP contribution in [0.5, 0.6) is 0 Å². The number of para-hydroxylation sites is 1. The Hall–Kier alpha value is -2.01. The molecule has 0 bridgehead atoms. The number of aryl methyl sites for hydroxylation is 1. The zero-order chi connectivity index (χ0) is 22.0. The second-order valence-corrected chi connectivity index (χ2v) is 6.93. The quantitative estimate of drug-likeness (QED) is 0.193. The molecule has 0 atom stereocenters. The minimum atomic E-state index is -0.0170. The van der Waals surface area contributed by atoms with Crippen molar-refractivity contribution in [2.24, 2.45) is 5.73 Å². The predicted molar refractivity (Wildman–Crippen MR) is 120 cm³/mol. The van der Waals surface area contributed by atoms with Crippen molar-refractivity contribution in [2.75, 3.05) is 65.9 Å². The van der Waals surface area contributed by atoms with Gasteiger partial charge in [0.15, 0.2) is 0 Å². The van der Waals surface area contributed by atoms with Crippen LogP contribution in [0.15, 0.2) is 30.5 Å². The molecule has 1 aromatic carbocycles. The molecule has 174 valence electrons. The van der Waals surface area contributed by atoms with Gasteiger partial charge in [-0.1, -0.05) is 18.2 Å². The van der Waals surface area contributed by atoms with E-state index in [2.05, 4.69) is 28.0 Å². The third-order valence-electron chi connectivity index (χ3n) is 4.50. The number of H-pyrrole nitrogens is 1. The molecule has 0 fully saturated rings. The molecule has 0 saturated heterocycles. The van der Waals surface area contributed by atoms with E-state index < -0.39 is 0 Å². The number of carbonyl (C=O) groups excluding carboxylic acids is 1. The molecule has 0 aliphatic heterocycles. The van der Waals surface area contributed by atoms with Crippen molar-refractivity contribution in [3.8, 4) is 0 Å². The number of nitrogens with two attached hydrogens (primary N) is 1. The molecule has 5 N–H and O–H groups in total. The zero-order valence-electron chi connectivity index (χ0n) is 18.2. The number of aromatic nitrogens is 1. The summed E-state index contributed by atoms with van der Waals surface area (Å²) in [5.74, 6) is -0.0170. The monoisotopic (exact) mass is 436 g/mol. The first-order chi connectivity index (χ1) is 15.3. The summed E-state index contributed by atoms with van der Waals surface area (Å²) < 4.78 is 21.4. The topological polar surface area (TPSA) is 120 Å². The number of amides is 1. The van der Waals surface area contributed by atoms with Gasteiger partial charge in [0.05, 0.1) is 52.9 Å². The largest absolute Gasteiger partial charge is 0.378 e. The smallest absolute Gasteiger partial charge is 0.234 e. The Morgan fingerprint density at radius 2 is 1.55 bits per heavy atom. The maximum atomic E-state index is 11.9. The average molecular weight is 437 g/mol. The number of ether oxygens (including phenoxy) is 4. The molecule has 0 spiro atoms. The summed E-state index contributed by atoms with van der Waals surface area (Å²) in [5.41, 5.74) is 13.3. The van der Waals surface area contributed by atoms with Crippen molar-refractivity contribution in [1.29, 1.82) is 0 Å². The number of carbonyl (C=O) groups is 1. The molecule has 1 aromatic heterocycles. The van der Waals surface area contributed by atoms with Crippen molar-refractivity contribution in [2.45, 2.75) is 19.3 Å². The van der Waals surface area contributed by atoms with Gasteiger partial charge in [0.1, 0.15) is 0 Å². The Morgan fingerprint density at radius 1 is 0.903 bits per heavy atom. The number of nitrogens with one attached hydrogen (secondary N) is 3. The molecular formula is C22H36N4O5. The van der Waals surface area contributed by atoms with Crippen LogP contribution >= 0.6 is 0 Å². The SMILES string of the molecule is NCCOCCOCCOCCOCCNNC(=O)CCCc1c[nH]c2ccccc12. The molecule has 0 saturated carbocycles. The van der Waals surface area contributed by atoms with Crippen LogP contribution in [0.25, 0.3) is 10.9 Å². The zero-order valence-corrected chi connectivity index (χ0v) is 18.2. The molecule has 0 aliphatic rings.